The van der Waals surface area contributed by atoms with Gasteiger partial charge in [-0.1, -0.05) is 0 Å². The number of nitrogens with zero attached hydrogens (tertiary/aromatic N) is 2. The first-order valence-electron chi connectivity index (χ1n) is 2.06. The van der Waals surface area contributed by atoms with E-state index in [0.29, 0.717) is 0 Å². The van der Waals surface area contributed by atoms with Crippen LogP contribution in [0.2, 0.25) is 0 Å². The normalized spacial score (nSPS) is 10.0. The molecular weight excluding hydrogens is 92.1 g/mol. The Hall–Kier alpha value is -0.770. The molecular formula is C3H10N4. The molecule has 0 radical (unpaired) electrons. The third-order valence-electron chi connectivity index (χ3n) is 0.580. The van der Waals surface area contributed by atoms with E-state index in [1.54, 1.807) is 0 Å². The monoisotopic (exact) mass is 102 g/mol. The highest BCUT2D eigenvalue weighted by molar-refractivity contribution is 5.52. The second kappa shape index (κ2) is 3.42. The molecule has 0 heterocycles. The van der Waals surface area contributed by atoms with Gasteiger partial charge in [-0.2, -0.15) is 5.10 Å². The van der Waals surface area contributed by atoms with Gasteiger partial charge in [0.05, 0.1) is 0 Å². The molecule has 0 saturated carbocycles. The maximum atomic E-state index is 5.19. The predicted molar refractivity (Wildman–Crippen MR) is 29.2 cm³/mol. The highest BCUT2D eigenvalue weighted by Gasteiger charge is 1.79. The van der Waals surface area contributed by atoms with Gasteiger partial charge in [-0.15, -0.1) is 0 Å². The fourth-order valence-corrected chi connectivity index (χ4v) is 0.167. The maximum absolute atomic E-state index is 5.19. The van der Waals surface area contributed by atoms with Crippen LogP contribution in [0.25, 0.3) is 0 Å². The maximum Gasteiger partial charge on any atom is 0.125 e. The second-order valence-corrected chi connectivity index (χ2v) is 1.09. The summed E-state index contributed by atoms with van der Waals surface area (Å²) in [4.78, 5) is 0. The minimum atomic E-state index is 0.723. The highest BCUT2D eigenvalue weighted by atomic mass is 15.4. The molecule has 0 aromatic rings. The van der Waals surface area contributed by atoms with E-state index in [2.05, 4.69) is 5.10 Å². The average molecular weight is 102 g/mol. The summed E-state index contributed by atoms with van der Waals surface area (Å²) in [6, 6.07) is 0. The Morgan fingerprint density at radius 1 is 1.86 bits per heavy atom. The van der Waals surface area contributed by atoms with Crippen LogP contribution in [0.15, 0.2) is 5.10 Å². The predicted octanol–water partition coefficient (Wildman–Crippen LogP) is -0.916. The number of hydrogen-bond acceptors (Lipinski definition) is 3. The molecule has 4 heteroatoms. The molecule has 7 heavy (non-hydrogen) atoms. The van der Waals surface area contributed by atoms with Crippen molar-refractivity contribution >= 4 is 6.34 Å². The summed E-state index contributed by atoms with van der Waals surface area (Å²) in [5, 5.41) is 4.57. The first-order chi connectivity index (χ1) is 3.31. The zero-order valence-corrected chi connectivity index (χ0v) is 4.33. The summed E-state index contributed by atoms with van der Waals surface area (Å²) in [5.41, 5.74) is 0. The van der Waals surface area contributed by atoms with Gasteiger partial charge >= 0.3 is 0 Å². The van der Waals surface area contributed by atoms with Crippen LogP contribution in [-0.2, 0) is 0 Å². The number of rotatable bonds is 2. The molecule has 0 spiro atoms. The standard InChI is InChI=1S/C3H10N4/c1-2-7(5)3-6-4/h3H,2,4-5H2,1H3/b6-3-. The van der Waals surface area contributed by atoms with Crippen molar-refractivity contribution in [2.45, 2.75) is 6.92 Å². The Bertz CT molecular complexity index is 60.0. The van der Waals surface area contributed by atoms with E-state index in [-0.39, 0.29) is 0 Å². The lowest BCUT2D eigenvalue weighted by Gasteiger charge is -2.05. The Morgan fingerprint density at radius 2 is 2.43 bits per heavy atom. The molecule has 0 fully saturated rings. The lowest BCUT2D eigenvalue weighted by atomic mass is 10.7. The second-order valence-electron chi connectivity index (χ2n) is 1.09. The van der Waals surface area contributed by atoms with Gasteiger partial charge in [0.15, 0.2) is 0 Å². The third-order valence-corrected chi connectivity index (χ3v) is 0.580. The van der Waals surface area contributed by atoms with Crippen LogP contribution < -0.4 is 11.7 Å². The average Bonchev–Trinajstić information content (AvgIpc) is 1.68. The zero-order chi connectivity index (χ0) is 5.70. The zero-order valence-electron chi connectivity index (χ0n) is 4.33. The molecule has 0 rings (SSSR count). The van der Waals surface area contributed by atoms with Gasteiger partial charge in [0.25, 0.3) is 0 Å². The number of hydrazone groups is 1. The summed E-state index contributed by atoms with van der Waals surface area (Å²) in [5.74, 6) is 9.94. The molecule has 0 atom stereocenters. The summed E-state index contributed by atoms with van der Waals surface area (Å²) >= 11 is 0. The smallest absolute Gasteiger partial charge is 0.125 e. The van der Waals surface area contributed by atoms with Gasteiger partial charge < -0.3 is 5.84 Å². The van der Waals surface area contributed by atoms with Crippen LogP contribution in [0.3, 0.4) is 0 Å². The van der Waals surface area contributed by atoms with Crippen molar-refractivity contribution in [2.24, 2.45) is 16.8 Å². The minimum absolute atomic E-state index is 0.723. The molecule has 0 unspecified atom stereocenters. The van der Waals surface area contributed by atoms with Gasteiger partial charge in [0, 0.05) is 6.54 Å². The molecule has 0 amide bonds. The van der Waals surface area contributed by atoms with Crippen LogP contribution in [0, 0.1) is 0 Å². The van der Waals surface area contributed by atoms with Gasteiger partial charge in [-0.25, -0.2) is 5.84 Å². The number of hydrogen-bond donors (Lipinski definition) is 2. The number of hydrazine groups is 1. The summed E-state index contributed by atoms with van der Waals surface area (Å²) in [6.45, 7) is 2.63. The van der Waals surface area contributed by atoms with Crippen LogP contribution >= 0.6 is 0 Å². The molecule has 0 aliphatic heterocycles. The summed E-state index contributed by atoms with van der Waals surface area (Å²) < 4.78 is 0. The van der Waals surface area contributed by atoms with Crippen molar-refractivity contribution in [2.75, 3.05) is 6.54 Å². The highest BCUT2D eigenvalue weighted by Crippen LogP contribution is 1.63. The SMILES string of the molecule is CCN(N)/C=N\N. The first-order valence-corrected chi connectivity index (χ1v) is 2.06. The van der Waals surface area contributed by atoms with Crippen molar-refractivity contribution < 1.29 is 0 Å². The van der Waals surface area contributed by atoms with Crippen LogP contribution in [-0.4, -0.2) is 17.9 Å². The van der Waals surface area contributed by atoms with E-state index in [1.807, 2.05) is 6.92 Å². The van der Waals surface area contributed by atoms with Crippen LogP contribution in [0.1, 0.15) is 6.92 Å². The van der Waals surface area contributed by atoms with Crippen molar-refractivity contribution in [3.63, 3.8) is 0 Å². The van der Waals surface area contributed by atoms with E-state index < -0.39 is 0 Å². The van der Waals surface area contributed by atoms with Crippen molar-refractivity contribution in [1.29, 1.82) is 0 Å². The van der Waals surface area contributed by atoms with E-state index in [0.717, 1.165) is 6.54 Å². The fraction of sp³-hybridized carbons (Fsp3) is 0.667. The van der Waals surface area contributed by atoms with Gasteiger partial charge in [0.1, 0.15) is 6.34 Å². The molecule has 42 valence electrons. The van der Waals surface area contributed by atoms with E-state index >= 15 is 0 Å². The molecule has 0 aromatic heterocycles. The molecule has 0 aromatic carbocycles. The van der Waals surface area contributed by atoms with E-state index in [9.17, 15) is 0 Å². The van der Waals surface area contributed by atoms with Crippen LogP contribution in [0.5, 0.6) is 0 Å². The van der Waals surface area contributed by atoms with Crippen molar-refractivity contribution in [1.82, 2.24) is 5.01 Å². The van der Waals surface area contributed by atoms with Crippen molar-refractivity contribution in [3.8, 4) is 0 Å². The van der Waals surface area contributed by atoms with Crippen LogP contribution in [0.4, 0.5) is 0 Å². The van der Waals surface area contributed by atoms with Gasteiger partial charge in [0.2, 0.25) is 0 Å². The number of nitrogens with two attached hydrogens (primary N) is 2. The third kappa shape index (κ3) is 3.05. The summed E-state index contributed by atoms with van der Waals surface area (Å²) in [6.07, 6.45) is 1.36. The minimum Gasteiger partial charge on any atom is -0.322 e. The molecule has 4 N–H and O–H groups in total. The lowest BCUT2D eigenvalue weighted by molar-refractivity contribution is 0.478. The van der Waals surface area contributed by atoms with Gasteiger partial charge in [-0.3, -0.25) is 5.01 Å². The first kappa shape index (κ1) is 6.23. The van der Waals surface area contributed by atoms with Gasteiger partial charge in [-0.05, 0) is 6.92 Å². The largest absolute Gasteiger partial charge is 0.322 e. The Balaban J connectivity index is 3.16. The molecule has 4 nitrogen and oxygen atoms in total. The Kier molecular flexibility index (Phi) is 3.04. The Labute approximate surface area is 42.7 Å². The van der Waals surface area contributed by atoms with Crippen molar-refractivity contribution in [3.05, 3.63) is 0 Å². The topological polar surface area (TPSA) is 67.6 Å². The molecule has 0 bridgehead atoms. The summed E-state index contributed by atoms with van der Waals surface area (Å²) in [7, 11) is 0. The molecule has 0 aliphatic rings. The lowest BCUT2D eigenvalue weighted by Crippen LogP contribution is -2.29. The Morgan fingerprint density at radius 3 is 2.57 bits per heavy atom. The quantitative estimate of drug-likeness (QED) is 0.205. The molecule has 0 saturated heterocycles. The van der Waals surface area contributed by atoms with E-state index in [4.69, 9.17) is 11.7 Å². The fourth-order valence-electron chi connectivity index (χ4n) is 0.167. The molecule has 0 aliphatic carbocycles. The van der Waals surface area contributed by atoms with E-state index in [1.165, 1.54) is 11.3 Å².